The van der Waals surface area contributed by atoms with Gasteiger partial charge in [-0.25, -0.2) is 4.79 Å². The molecule has 3 atom stereocenters. The van der Waals surface area contributed by atoms with E-state index < -0.39 is 0 Å². The first kappa shape index (κ1) is 13.2. The van der Waals surface area contributed by atoms with Gasteiger partial charge in [-0.1, -0.05) is 13.8 Å². The zero-order chi connectivity index (χ0) is 13.7. The van der Waals surface area contributed by atoms with Crippen molar-refractivity contribution in [3.05, 3.63) is 0 Å². The summed E-state index contributed by atoms with van der Waals surface area (Å²) in [7, 11) is 0. The number of rotatable bonds is 4. The highest BCUT2D eigenvalue weighted by Gasteiger charge is 2.59. The molecule has 1 aliphatic heterocycles. The van der Waals surface area contributed by atoms with E-state index in [0.29, 0.717) is 18.6 Å². The fourth-order valence-corrected chi connectivity index (χ4v) is 3.64. The number of urea groups is 1. The van der Waals surface area contributed by atoms with Crippen LogP contribution in [0.3, 0.4) is 0 Å². The number of hydrogen-bond donors (Lipinski definition) is 3. The van der Waals surface area contributed by atoms with Crippen LogP contribution in [-0.4, -0.2) is 43.0 Å². The molecule has 1 heterocycles. The van der Waals surface area contributed by atoms with E-state index in [1.807, 2.05) is 0 Å². The molecule has 19 heavy (non-hydrogen) atoms. The van der Waals surface area contributed by atoms with Gasteiger partial charge in [0, 0.05) is 35.9 Å². The minimum absolute atomic E-state index is 0.0206. The summed E-state index contributed by atoms with van der Waals surface area (Å²) in [4.78, 5) is 12.0. The number of ether oxygens (including phenoxy) is 1. The van der Waals surface area contributed by atoms with Crippen LogP contribution in [0.4, 0.5) is 4.79 Å². The molecule has 2 saturated carbocycles. The Morgan fingerprint density at radius 1 is 1.42 bits per heavy atom. The summed E-state index contributed by atoms with van der Waals surface area (Å²) in [6.07, 6.45) is 3.36. The fraction of sp³-hybridized carbons (Fsp3) is 0.929. The Hall–Kier alpha value is -0.810. The highest BCUT2D eigenvalue weighted by Crippen LogP contribution is 2.52. The smallest absolute Gasteiger partial charge is 0.315 e. The molecule has 3 N–H and O–H groups in total. The predicted octanol–water partition coefficient (Wildman–Crippen LogP) is 0.872. The van der Waals surface area contributed by atoms with Gasteiger partial charge in [0.2, 0.25) is 0 Å². The van der Waals surface area contributed by atoms with Gasteiger partial charge in [-0.3, -0.25) is 0 Å². The molecule has 3 aliphatic rings. The second kappa shape index (κ2) is 4.35. The third-order valence-corrected chi connectivity index (χ3v) is 5.30. The molecule has 5 nitrogen and oxygen atoms in total. The summed E-state index contributed by atoms with van der Waals surface area (Å²) in [5.41, 5.74) is -0.0156. The molecule has 0 radical (unpaired) electrons. The number of aliphatic hydroxyl groups is 1. The lowest BCUT2D eigenvalue weighted by Crippen LogP contribution is -2.67. The molecular weight excluding hydrogens is 244 g/mol. The first-order chi connectivity index (χ1) is 8.98. The van der Waals surface area contributed by atoms with E-state index in [4.69, 9.17) is 4.74 Å². The standard InChI is InChI=1S/C14H24N2O3/c1-13(2)10(9-3-6-19-11(9)13)16-12(18)15-7-14(8-17)4-5-14/h9-11,17H,3-8H2,1-2H3,(H2,15,16,18)/t9-,10+,11-/m0/s1. The predicted molar refractivity (Wildman–Crippen MR) is 70.7 cm³/mol. The van der Waals surface area contributed by atoms with Gasteiger partial charge in [-0.05, 0) is 19.3 Å². The maximum absolute atomic E-state index is 12.0. The van der Waals surface area contributed by atoms with Gasteiger partial charge in [0.25, 0.3) is 0 Å². The summed E-state index contributed by atoms with van der Waals surface area (Å²) in [6.45, 7) is 5.86. The van der Waals surface area contributed by atoms with Crippen LogP contribution in [0.5, 0.6) is 0 Å². The highest BCUT2D eigenvalue weighted by molar-refractivity contribution is 5.74. The topological polar surface area (TPSA) is 70.6 Å². The van der Waals surface area contributed by atoms with Crippen LogP contribution in [-0.2, 0) is 4.74 Å². The maximum atomic E-state index is 12.0. The molecule has 0 unspecified atom stereocenters. The van der Waals surface area contributed by atoms with Crippen molar-refractivity contribution in [1.82, 2.24) is 10.6 Å². The largest absolute Gasteiger partial charge is 0.396 e. The summed E-state index contributed by atoms with van der Waals surface area (Å²) in [6, 6.07) is 0.0902. The number of hydrogen-bond acceptors (Lipinski definition) is 3. The third kappa shape index (κ3) is 2.13. The average molecular weight is 268 g/mol. The fourth-order valence-electron chi connectivity index (χ4n) is 3.64. The molecule has 0 aromatic rings. The molecule has 0 aromatic carbocycles. The molecule has 2 amide bonds. The van der Waals surface area contributed by atoms with Crippen LogP contribution in [0, 0.1) is 16.7 Å². The van der Waals surface area contributed by atoms with Gasteiger partial charge in [0.15, 0.2) is 0 Å². The lowest BCUT2D eigenvalue weighted by Gasteiger charge is -2.54. The Kier molecular flexibility index (Phi) is 3.02. The van der Waals surface area contributed by atoms with Crippen LogP contribution in [0.25, 0.3) is 0 Å². The van der Waals surface area contributed by atoms with E-state index in [2.05, 4.69) is 24.5 Å². The van der Waals surface area contributed by atoms with E-state index >= 15 is 0 Å². The van der Waals surface area contributed by atoms with Crippen molar-refractivity contribution in [2.45, 2.75) is 45.3 Å². The van der Waals surface area contributed by atoms with Crippen LogP contribution in [0.2, 0.25) is 0 Å². The summed E-state index contributed by atoms with van der Waals surface area (Å²) >= 11 is 0. The Balaban J connectivity index is 1.50. The van der Waals surface area contributed by atoms with E-state index in [1.165, 1.54) is 0 Å². The van der Waals surface area contributed by atoms with E-state index in [0.717, 1.165) is 25.9 Å². The van der Waals surface area contributed by atoms with E-state index in [1.54, 1.807) is 0 Å². The quantitative estimate of drug-likeness (QED) is 0.708. The van der Waals surface area contributed by atoms with Crippen LogP contribution >= 0.6 is 0 Å². The van der Waals surface area contributed by atoms with Gasteiger partial charge >= 0.3 is 6.03 Å². The van der Waals surface area contributed by atoms with Crippen molar-refractivity contribution in [2.24, 2.45) is 16.7 Å². The molecule has 0 bridgehead atoms. The molecule has 108 valence electrons. The monoisotopic (exact) mass is 268 g/mol. The van der Waals surface area contributed by atoms with Gasteiger partial charge < -0.3 is 20.5 Å². The Labute approximate surface area is 114 Å². The number of carbonyl (C=O) groups is 1. The van der Waals surface area contributed by atoms with Crippen molar-refractivity contribution in [2.75, 3.05) is 19.8 Å². The molecule has 3 rings (SSSR count). The first-order valence-corrected chi connectivity index (χ1v) is 7.25. The van der Waals surface area contributed by atoms with Gasteiger partial charge in [-0.2, -0.15) is 0 Å². The van der Waals surface area contributed by atoms with Crippen LogP contribution in [0.1, 0.15) is 33.1 Å². The molecule has 0 spiro atoms. The molecule has 1 saturated heterocycles. The number of amides is 2. The Bertz CT molecular complexity index is 379. The zero-order valence-electron chi connectivity index (χ0n) is 11.7. The number of carbonyl (C=O) groups excluding carboxylic acids is 1. The van der Waals surface area contributed by atoms with Crippen LogP contribution in [0.15, 0.2) is 0 Å². The van der Waals surface area contributed by atoms with E-state index in [-0.39, 0.29) is 29.5 Å². The zero-order valence-corrected chi connectivity index (χ0v) is 11.7. The Morgan fingerprint density at radius 3 is 2.79 bits per heavy atom. The van der Waals surface area contributed by atoms with Crippen molar-refractivity contribution >= 4 is 6.03 Å². The van der Waals surface area contributed by atoms with Gasteiger partial charge in [0.05, 0.1) is 12.7 Å². The van der Waals surface area contributed by atoms with Crippen LogP contribution < -0.4 is 10.6 Å². The molecule has 3 fully saturated rings. The lowest BCUT2D eigenvalue weighted by molar-refractivity contribution is -0.108. The summed E-state index contributed by atoms with van der Waals surface area (Å²) in [5.74, 6) is 0.466. The average Bonchev–Trinajstić information content (AvgIpc) is 3.03. The number of aliphatic hydroxyl groups excluding tert-OH is 1. The SMILES string of the molecule is CC1(C)[C@H](NC(=O)NCC2(CO)CC2)[C@@H]2CCO[C@@H]21. The molecule has 5 heteroatoms. The number of fused-ring (bicyclic) bond motifs is 1. The minimum atomic E-state index is -0.108. The van der Waals surface area contributed by atoms with E-state index in [9.17, 15) is 9.90 Å². The lowest BCUT2D eigenvalue weighted by atomic mass is 9.57. The third-order valence-electron chi connectivity index (χ3n) is 5.30. The normalized spacial score (nSPS) is 37.1. The first-order valence-electron chi connectivity index (χ1n) is 7.25. The molecule has 2 aliphatic carbocycles. The second-order valence-electron chi connectivity index (χ2n) is 7.03. The van der Waals surface area contributed by atoms with Crippen molar-refractivity contribution < 1.29 is 14.6 Å². The minimum Gasteiger partial charge on any atom is -0.396 e. The summed E-state index contributed by atoms with van der Waals surface area (Å²) < 4.78 is 5.72. The number of nitrogens with one attached hydrogen (secondary N) is 2. The van der Waals surface area contributed by atoms with Gasteiger partial charge in [-0.15, -0.1) is 0 Å². The van der Waals surface area contributed by atoms with Crippen molar-refractivity contribution in [3.8, 4) is 0 Å². The summed E-state index contributed by atoms with van der Waals surface area (Å²) in [5, 5.41) is 15.2. The highest BCUT2D eigenvalue weighted by atomic mass is 16.5. The molecular formula is C14H24N2O3. The van der Waals surface area contributed by atoms with Crippen molar-refractivity contribution in [3.63, 3.8) is 0 Å². The second-order valence-corrected chi connectivity index (χ2v) is 7.03. The Morgan fingerprint density at radius 2 is 2.16 bits per heavy atom. The maximum Gasteiger partial charge on any atom is 0.315 e. The van der Waals surface area contributed by atoms with Crippen molar-refractivity contribution in [1.29, 1.82) is 0 Å². The molecule has 0 aromatic heterocycles. The van der Waals surface area contributed by atoms with Gasteiger partial charge in [0.1, 0.15) is 0 Å².